The van der Waals surface area contributed by atoms with Gasteiger partial charge in [0.2, 0.25) is 0 Å². The first-order valence-corrected chi connectivity index (χ1v) is 21.3. The fraction of sp³-hybridized carbons (Fsp3) is 0. The molecule has 2 aliphatic heterocycles. The van der Waals surface area contributed by atoms with E-state index in [2.05, 4.69) is 222 Å². The van der Waals surface area contributed by atoms with E-state index in [0.29, 0.717) is 0 Å². The summed E-state index contributed by atoms with van der Waals surface area (Å²) in [7, 11) is 0. The van der Waals surface area contributed by atoms with E-state index in [1.165, 1.54) is 122 Å². The van der Waals surface area contributed by atoms with Crippen molar-refractivity contribution in [2.45, 2.75) is 0 Å². The summed E-state index contributed by atoms with van der Waals surface area (Å²) in [6.07, 6.45) is 0. The van der Waals surface area contributed by atoms with E-state index >= 15 is 0 Å². The van der Waals surface area contributed by atoms with E-state index in [1.54, 1.807) is 0 Å². The number of benzene rings is 10. The van der Waals surface area contributed by atoms with Crippen LogP contribution in [0.4, 0.5) is 17.1 Å². The molecule has 1 aliphatic carbocycles. The lowest BCUT2D eigenvalue weighted by Crippen LogP contribution is -2.60. The molecule has 3 aliphatic rings. The zero-order valence-corrected chi connectivity index (χ0v) is 33.2. The highest BCUT2D eigenvalue weighted by molar-refractivity contribution is 7.00. The molecule has 3 heterocycles. The summed E-state index contributed by atoms with van der Waals surface area (Å²) in [5.74, 6) is 0. The summed E-state index contributed by atoms with van der Waals surface area (Å²) in [6, 6.07) is 79.3. The monoisotopic (exact) mass is 770 g/mol. The lowest BCUT2D eigenvalue weighted by atomic mass is 9.33. The van der Waals surface area contributed by atoms with E-state index < -0.39 is 0 Å². The van der Waals surface area contributed by atoms with Crippen molar-refractivity contribution in [3.05, 3.63) is 212 Å². The van der Waals surface area contributed by atoms with Crippen LogP contribution < -0.4 is 21.3 Å². The maximum absolute atomic E-state index is 2.64. The maximum atomic E-state index is 2.64. The van der Waals surface area contributed by atoms with Crippen LogP contribution in [0.1, 0.15) is 0 Å². The van der Waals surface area contributed by atoms with E-state index in [1.807, 2.05) is 0 Å². The van der Waals surface area contributed by atoms with Crippen LogP contribution in [-0.2, 0) is 0 Å². The van der Waals surface area contributed by atoms with Gasteiger partial charge in [-0.2, -0.15) is 0 Å². The Labute approximate surface area is 354 Å². The summed E-state index contributed by atoms with van der Waals surface area (Å²) in [5.41, 5.74) is 23.9. The molecule has 0 radical (unpaired) electrons. The van der Waals surface area contributed by atoms with Crippen LogP contribution in [0, 0.1) is 0 Å². The highest BCUT2D eigenvalue weighted by Gasteiger charge is 2.43. The van der Waals surface area contributed by atoms with E-state index in [-0.39, 0.29) is 6.71 Å². The van der Waals surface area contributed by atoms with Crippen molar-refractivity contribution < 1.29 is 0 Å². The topological polar surface area (TPSA) is 8.17 Å². The molecule has 0 unspecified atom stereocenters. The largest absolute Gasteiger partial charge is 0.311 e. The molecule has 61 heavy (non-hydrogen) atoms. The number of anilines is 3. The Morgan fingerprint density at radius 3 is 1.59 bits per heavy atom. The highest BCUT2D eigenvalue weighted by Crippen LogP contribution is 2.51. The number of hydrogen-bond donors (Lipinski definition) is 0. The summed E-state index contributed by atoms with van der Waals surface area (Å²) < 4.78 is 2.64. The molecule has 11 aromatic rings. The molecular weight excluding hydrogens is 735 g/mol. The van der Waals surface area contributed by atoms with Crippen LogP contribution in [0.5, 0.6) is 0 Å². The third-order valence-electron chi connectivity index (χ3n) is 13.7. The minimum Gasteiger partial charge on any atom is -0.311 e. The van der Waals surface area contributed by atoms with Gasteiger partial charge in [0.05, 0.1) is 11.0 Å². The third kappa shape index (κ3) is 4.52. The van der Waals surface area contributed by atoms with Gasteiger partial charge in [0.25, 0.3) is 6.71 Å². The average molecular weight is 771 g/mol. The summed E-state index contributed by atoms with van der Waals surface area (Å²) in [6.45, 7) is -0.00715. The summed E-state index contributed by atoms with van der Waals surface area (Å²) in [4.78, 5) is 2.54. The number of nitrogens with zero attached hydrogens (tertiary/aromatic N) is 2. The Morgan fingerprint density at radius 1 is 0.328 bits per heavy atom. The second-order valence-electron chi connectivity index (χ2n) is 16.8. The van der Waals surface area contributed by atoms with Crippen molar-refractivity contribution in [2.75, 3.05) is 4.90 Å². The molecule has 0 saturated heterocycles. The first-order valence-electron chi connectivity index (χ1n) is 21.3. The Hall–Kier alpha value is -7.88. The first-order chi connectivity index (χ1) is 30.3. The number of rotatable bonds is 4. The molecule has 0 amide bonds. The van der Waals surface area contributed by atoms with Crippen LogP contribution in [0.2, 0.25) is 0 Å². The molecule has 0 spiro atoms. The molecule has 2 nitrogen and oxygen atoms in total. The smallest absolute Gasteiger partial charge is 0.252 e. The van der Waals surface area contributed by atoms with E-state index in [0.717, 1.165) is 5.69 Å². The standard InChI is InChI=1S/C58H35BN2/c1-4-14-36(15-5-1)39-26-29-43(30-27-39)60-50-31-28-40(37-16-6-2-7-17-37)32-48(50)59-49-33-41-20-12-23-46-44-21-10-11-22-45(44)47-24-13-25-51-55(47)56(54(41)46)58(49)61(51)53-35-42(34-52(60)57(53)59)38-18-8-3-9-19-38/h1-35H. The molecule has 10 aromatic carbocycles. The molecule has 0 N–H and O–H groups in total. The van der Waals surface area contributed by atoms with Gasteiger partial charge < -0.3 is 9.47 Å². The van der Waals surface area contributed by atoms with Crippen LogP contribution in [0.25, 0.3) is 93.9 Å². The molecule has 0 fully saturated rings. The van der Waals surface area contributed by atoms with Crippen LogP contribution in [0.3, 0.4) is 0 Å². The SMILES string of the molecule is c1ccc(-c2ccc(N3c4ccc(-c5ccccc5)cc4B4c5c3cc(-c3ccccc3)cc5-n3c5cccc6c5c5c7c(cccc7cc4c53)-c3ccccc3-6)cc2)cc1. The summed E-state index contributed by atoms with van der Waals surface area (Å²) in [5, 5.41) is 5.34. The van der Waals surface area contributed by atoms with Gasteiger partial charge in [-0.25, -0.2) is 0 Å². The van der Waals surface area contributed by atoms with Crippen molar-refractivity contribution in [3.63, 3.8) is 0 Å². The van der Waals surface area contributed by atoms with Crippen LogP contribution >= 0.6 is 0 Å². The zero-order chi connectivity index (χ0) is 39.8. The van der Waals surface area contributed by atoms with Gasteiger partial charge in [0.1, 0.15) is 0 Å². The van der Waals surface area contributed by atoms with Gasteiger partial charge in [0.15, 0.2) is 0 Å². The Balaban J connectivity index is 1.15. The van der Waals surface area contributed by atoms with E-state index in [4.69, 9.17) is 0 Å². The molecule has 0 atom stereocenters. The molecule has 0 bridgehead atoms. The second-order valence-corrected chi connectivity index (χ2v) is 16.8. The van der Waals surface area contributed by atoms with E-state index in [9.17, 15) is 0 Å². The summed E-state index contributed by atoms with van der Waals surface area (Å²) >= 11 is 0. The molecule has 1 aromatic heterocycles. The predicted octanol–water partition coefficient (Wildman–Crippen LogP) is 13.2. The Morgan fingerprint density at radius 2 is 0.885 bits per heavy atom. The van der Waals surface area contributed by atoms with Crippen molar-refractivity contribution >= 4 is 72.7 Å². The highest BCUT2D eigenvalue weighted by atomic mass is 15.2. The van der Waals surface area contributed by atoms with Gasteiger partial charge >= 0.3 is 0 Å². The van der Waals surface area contributed by atoms with Crippen LogP contribution in [0.15, 0.2) is 212 Å². The molecule has 14 rings (SSSR count). The average Bonchev–Trinajstić information content (AvgIpc) is 3.63. The quantitative estimate of drug-likeness (QED) is 0.162. The normalized spacial score (nSPS) is 12.9. The lowest BCUT2D eigenvalue weighted by molar-refractivity contribution is 1.18. The van der Waals surface area contributed by atoms with Crippen molar-refractivity contribution in [3.8, 4) is 61.3 Å². The fourth-order valence-corrected chi connectivity index (χ4v) is 11.1. The number of aromatic nitrogens is 1. The predicted molar refractivity (Wildman–Crippen MR) is 258 cm³/mol. The van der Waals surface area contributed by atoms with Gasteiger partial charge in [-0.15, -0.1) is 0 Å². The van der Waals surface area contributed by atoms with Gasteiger partial charge in [-0.1, -0.05) is 176 Å². The fourth-order valence-electron chi connectivity index (χ4n) is 11.1. The lowest BCUT2D eigenvalue weighted by Gasteiger charge is -2.41. The van der Waals surface area contributed by atoms with Crippen molar-refractivity contribution in [1.29, 1.82) is 0 Å². The Kier molecular flexibility index (Phi) is 6.67. The zero-order valence-electron chi connectivity index (χ0n) is 33.2. The van der Waals surface area contributed by atoms with Gasteiger partial charge in [0, 0.05) is 33.5 Å². The number of hydrogen-bond acceptors (Lipinski definition) is 1. The van der Waals surface area contributed by atoms with Crippen molar-refractivity contribution in [2.24, 2.45) is 0 Å². The molecule has 3 heteroatoms. The molecule has 280 valence electrons. The Bertz CT molecular complexity index is 3630. The molecule has 0 saturated carbocycles. The minimum absolute atomic E-state index is 0.00715. The van der Waals surface area contributed by atoms with Crippen LogP contribution in [-0.4, -0.2) is 11.3 Å². The third-order valence-corrected chi connectivity index (χ3v) is 13.7. The first kappa shape index (κ1) is 33.0. The van der Waals surface area contributed by atoms with Gasteiger partial charge in [-0.05, 0) is 119 Å². The number of fused-ring (bicyclic) bond motifs is 8. The second kappa shape index (κ2) is 12.3. The molecular formula is C58H35BN2. The minimum atomic E-state index is -0.00715. The van der Waals surface area contributed by atoms with Crippen molar-refractivity contribution in [1.82, 2.24) is 4.57 Å². The maximum Gasteiger partial charge on any atom is 0.252 e. The van der Waals surface area contributed by atoms with Gasteiger partial charge in [-0.3, -0.25) is 0 Å².